The summed E-state index contributed by atoms with van der Waals surface area (Å²) in [6.45, 7) is 2.83. The summed E-state index contributed by atoms with van der Waals surface area (Å²) in [6.07, 6.45) is 0. The lowest BCUT2D eigenvalue weighted by Gasteiger charge is -1.98. The molecule has 0 unspecified atom stereocenters. The van der Waals surface area contributed by atoms with Gasteiger partial charge < -0.3 is 5.32 Å². The van der Waals surface area contributed by atoms with Gasteiger partial charge in [-0.2, -0.15) is 0 Å². The van der Waals surface area contributed by atoms with Crippen molar-refractivity contribution in [2.45, 2.75) is 17.6 Å². The van der Waals surface area contributed by atoms with Crippen LogP contribution in [-0.4, -0.2) is 21.7 Å². The van der Waals surface area contributed by atoms with E-state index in [2.05, 4.69) is 15.5 Å². The molecule has 2 rings (SSSR count). The number of rotatable bonds is 6. The highest BCUT2D eigenvalue weighted by Gasteiger charge is 2.06. The maximum Gasteiger partial charge on any atom is 0.269 e. The van der Waals surface area contributed by atoms with Gasteiger partial charge in [0.1, 0.15) is 5.01 Å². The number of hydrogen-bond donors (Lipinski definition) is 1. The van der Waals surface area contributed by atoms with Gasteiger partial charge in [0.2, 0.25) is 5.13 Å². The minimum atomic E-state index is -0.401. The summed E-state index contributed by atoms with van der Waals surface area (Å²) >= 11 is 3.11. The van der Waals surface area contributed by atoms with Gasteiger partial charge in [-0.3, -0.25) is 10.1 Å². The summed E-state index contributed by atoms with van der Waals surface area (Å²) in [5.41, 5.74) is 0.106. The lowest BCUT2D eigenvalue weighted by molar-refractivity contribution is -0.384. The Labute approximate surface area is 118 Å². The number of non-ortho nitro benzene ring substituents is 1. The highest BCUT2D eigenvalue weighted by Crippen LogP contribution is 2.27. The quantitative estimate of drug-likeness (QED) is 0.501. The number of nitrogens with one attached hydrogen (secondary N) is 1. The van der Waals surface area contributed by atoms with Crippen LogP contribution < -0.4 is 5.32 Å². The Balaban J connectivity index is 1.92. The van der Waals surface area contributed by atoms with Crippen molar-refractivity contribution in [2.24, 2.45) is 0 Å². The molecule has 100 valence electrons. The number of hydrogen-bond acceptors (Lipinski definition) is 7. The SMILES string of the molecule is CCNc1nnc(CSc2ccc([N+](=O)[O-])cc2)s1. The minimum absolute atomic E-state index is 0.106. The van der Waals surface area contributed by atoms with E-state index < -0.39 is 4.92 Å². The van der Waals surface area contributed by atoms with Crippen LogP contribution in [-0.2, 0) is 5.75 Å². The van der Waals surface area contributed by atoms with Crippen LogP contribution in [0.1, 0.15) is 11.9 Å². The smallest absolute Gasteiger partial charge is 0.269 e. The number of nitrogens with zero attached hydrogens (tertiary/aromatic N) is 3. The van der Waals surface area contributed by atoms with Crippen LogP contribution in [0.5, 0.6) is 0 Å². The molecule has 0 aliphatic heterocycles. The maximum atomic E-state index is 10.5. The molecule has 2 aromatic rings. The second kappa shape index (κ2) is 6.48. The van der Waals surface area contributed by atoms with E-state index in [-0.39, 0.29) is 5.69 Å². The van der Waals surface area contributed by atoms with Crippen molar-refractivity contribution in [2.75, 3.05) is 11.9 Å². The highest BCUT2D eigenvalue weighted by atomic mass is 32.2. The maximum absolute atomic E-state index is 10.5. The van der Waals surface area contributed by atoms with Crippen LogP contribution >= 0.6 is 23.1 Å². The van der Waals surface area contributed by atoms with Crippen molar-refractivity contribution in [3.05, 3.63) is 39.4 Å². The van der Waals surface area contributed by atoms with E-state index in [0.29, 0.717) is 5.75 Å². The first-order chi connectivity index (χ1) is 9.19. The molecular formula is C11H12N4O2S2. The van der Waals surface area contributed by atoms with E-state index in [4.69, 9.17) is 0 Å². The fourth-order valence-corrected chi connectivity index (χ4v) is 3.04. The molecule has 1 aromatic heterocycles. The van der Waals surface area contributed by atoms with E-state index >= 15 is 0 Å². The van der Waals surface area contributed by atoms with Gasteiger partial charge in [-0.1, -0.05) is 11.3 Å². The van der Waals surface area contributed by atoms with E-state index in [1.807, 2.05) is 6.92 Å². The van der Waals surface area contributed by atoms with Gasteiger partial charge in [-0.05, 0) is 19.1 Å². The molecule has 8 heteroatoms. The molecule has 1 aromatic carbocycles. The van der Waals surface area contributed by atoms with Crippen molar-refractivity contribution in [3.8, 4) is 0 Å². The summed E-state index contributed by atoms with van der Waals surface area (Å²) in [6, 6.07) is 6.50. The lowest BCUT2D eigenvalue weighted by Crippen LogP contribution is -1.94. The fourth-order valence-electron chi connectivity index (χ4n) is 1.34. The van der Waals surface area contributed by atoms with Crippen molar-refractivity contribution < 1.29 is 4.92 Å². The molecule has 1 heterocycles. The number of nitro groups is 1. The average molecular weight is 296 g/mol. The first-order valence-corrected chi connectivity index (χ1v) is 7.42. The summed E-state index contributed by atoms with van der Waals surface area (Å²) in [5, 5.41) is 23.5. The van der Waals surface area contributed by atoms with Crippen LogP contribution in [0.2, 0.25) is 0 Å². The van der Waals surface area contributed by atoms with Gasteiger partial charge in [0.25, 0.3) is 5.69 Å². The second-order valence-corrected chi connectivity index (χ2v) is 5.68. The summed E-state index contributed by atoms with van der Waals surface area (Å²) < 4.78 is 0. The first-order valence-electron chi connectivity index (χ1n) is 5.62. The van der Waals surface area contributed by atoms with Gasteiger partial charge >= 0.3 is 0 Å². The molecule has 0 aliphatic rings. The third-order valence-corrected chi connectivity index (χ3v) is 4.29. The van der Waals surface area contributed by atoms with Crippen LogP contribution in [0.15, 0.2) is 29.2 Å². The first kappa shape index (κ1) is 13.8. The topological polar surface area (TPSA) is 81.0 Å². The zero-order valence-electron chi connectivity index (χ0n) is 10.2. The van der Waals surface area contributed by atoms with Gasteiger partial charge in [-0.15, -0.1) is 22.0 Å². The lowest BCUT2D eigenvalue weighted by atomic mass is 10.3. The van der Waals surface area contributed by atoms with Crippen molar-refractivity contribution in [3.63, 3.8) is 0 Å². The van der Waals surface area contributed by atoms with E-state index in [9.17, 15) is 10.1 Å². The summed E-state index contributed by atoms with van der Waals surface area (Å²) in [4.78, 5) is 11.1. The Morgan fingerprint density at radius 3 is 2.74 bits per heavy atom. The standard InChI is InChI=1S/C11H12N4O2S2/c1-2-12-11-14-13-10(19-11)7-18-9-5-3-8(4-6-9)15(16)17/h3-6H,2,7H2,1H3,(H,12,14). The molecule has 0 spiro atoms. The summed E-state index contributed by atoms with van der Waals surface area (Å²) in [5.74, 6) is 0.709. The molecule has 6 nitrogen and oxygen atoms in total. The Morgan fingerprint density at radius 2 is 2.11 bits per heavy atom. The Kier molecular flexibility index (Phi) is 4.69. The van der Waals surface area contributed by atoms with Crippen LogP contribution in [0.4, 0.5) is 10.8 Å². The Morgan fingerprint density at radius 1 is 1.37 bits per heavy atom. The van der Waals surface area contributed by atoms with Crippen LogP contribution in [0.25, 0.3) is 0 Å². The molecule has 0 aliphatic carbocycles. The van der Waals surface area contributed by atoms with E-state index in [1.165, 1.54) is 23.5 Å². The highest BCUT2D eigenvalue weighted by molar-refractivity contribution is 7.98. The fraction of sp³-hybridized carbons (Fsp3) is 0.273. The molecule has 0 saturated heterocycles. The van der Waals surface area contributed by atoms with Crippen LogP contribution in [0.3, 0.4) is 0 Å². The molecule has 19 heavy (non-hydrogen) atoms. The molecule has 0 bridgehead atoms. The van der Waals surface area contributed by atoms with Gasteiger partial charge in [0, 0.05) is 23.6 Å². The molecule has 1 N–H and O–H groups in total. The Bertz CT molecular complexity index is 556. The van der Waals surface area contributed by atoms with Crippen LogP contribution in [0, 0.1) is 10.1 Å². The van der Waals surface area contributed by atoms with Crippen molar-refractivity contribution in [1.82, 2.24) is 10.2 Å². The predicted molar refractivity (Wildman–Crippen MR) is 76.7 cm³/mol. The van der Waals surface area contributed by atoms with E-state index in [1.54, 1.807) is 23.9 Å². The third kappa shape index (κ3) is 3.90. The van der Waals surface area contributed by atoms with Crippen molar-refractivity contribution in [1.29, 1.82) is 0 Å². The molecule has 0 fully saturated rings. The molecule has 0 saturated carbocycles. The molecule has 0 amide bonds. The summed E-state index contributed by atoms with van der Waals surface area (Å²) in [7, 11) is 0. The zero-order chi connectivity index (χ0) is 13.7. The number of benzene rings is 1. The second-order valence-electron chi connectivity index (χ2n) is 3.57. The average Bonchev–Trinajstić information content (AvgIpc) is 2.85. The Hall–Kier alpha value is -1.67. The van der Waals surface area contributed by atoms with Crippen molar-refractivity contribution >= 4 is 33.9 Å². The monoisotopic (exact) mass is 296 g/mol. The number of nitro benzene ring substituents is 1. The zero-order valence-corrected chi connectivity index (χ0v) is 11.8. The minimum Gasteiger partial charge on any atom is -0.360 e. The van der Waals surface area contributed by atoms with Gasteiger partial charge in [0.05, 0.1) is 10.7 Å². The molecular weight excluding hydrogens is 284 g/mol. The predicted octanol–water partition coefficient (Wildman–Crippen LogP) is 3.17. The normalized spacial score (nSPS) is 10.4. The number of thioether (sulfide) groups is 1. The van der Waals surface area contributed by atoms with Gasteiger partial charge in [-0.25, -0.2) is 0 Å². The third-order valence-electron chi connectivity index (χ3n) is 2.20. The number of aromatic nitrogens is 2. The number of anilines is 1. The molecule has 0 radical (unpaired) electrons. The molecule has 0 atom stereocenters. The van der Waals surface area contributed by atoms with Gasteiger partial charge in [0.15, 0.2) is 0 Å². The van der Waals surface area contributed by atoms with E-state index in [0.717, 1.165) is 21.6 Å². The largest absolute Gasteiger partial charge is 0.360 e.